The number of sulfonamides is 1. The van der Waals surface area contributed by atoms with Gasteiger partial charge in [0, 0.05) is 39.1 Å². The molecule has 38 heavy (non-hydrogen) atoms. The number of fused-ring (bicyclic) bond motifs is 1. The first-order valence-electron chi connectivity index (χ1n) is 12.1. The molecule has 12 nitrogen and oxygen atoms in total. The minimum atomic E-state index is -3.57. The van der Waals surface area contributed by atoms with Gasteiger partial charge in [-0.25, -0.2) is 17.7 Å². The summed E-state index contributed by atoms with van der Waals surface area (Å²) in [6.07, 6.45) is 6.29. The Bertz CT molecular complexity index is 1630. The van der Waals surface area contributed by atoms with E-state index in [0.717, 1.165) is 4.31 Å². The highest BCUT2D eigenvalue weighted by Crippen LogP contribution is 2.37. The summed E-state index contributed by atoms with van der Waals surface area (Å²) in [5.41, 5.74) is 0.292. The molecule has 0 atom stereocenters. The molecule has 1 fully saturated rings. The van der Waals surface area contributed by atoms with Crippen LogP contribution in [0.25, 0.3) is 10.9 Å². The van der Waals surface area contributed by atoms with Gasteiger partial charge in [0.25, 0.3) is 5.56 Å². The molecule has 2 N–H and O–H groups in total. The van der Waals surface area contributed by atoms with Crippen molar-refractivity contribution < 1.29 is 12.8 Å². The second-order valence-electron chi connectivity index (χ2n) is 9.53. The van der Waals surface area contributed by atoms with Crippen LogP contribution in [0.3, 0.4) is 0 Å². The van der Waals surface area contributed by atoms with Gasteiger partial charge in [0.2, 0.25) is 15.9 Å². The lowest BCUT2D eigenvalue weighted by Gasteiger charge is -2.40. The summed E-state index contributed by atoms with van der Waals surface area (Å²) >= 11 is 0. The number of anilines is 2. The quantitative estimate of drug-likeness (QED) is 0.346. The molecular formula is C25H28N8O4S. The fourth-order valence-corrected chi connectivity index (χ4v) is 5.75. The van der Waals surface area contributed by atoms with Crippen LogP contribution in [0, 0.1) is 11.3 Å². The number of H-pyrrole nitrogens is 1. The summed E-state index contributed by atoms with van der Waals surface area (Å²) in [6.45, 7) is 2.00. The minimum Gasteiger partial charge on any atom is -0.448 e. The van der Waals surface area contributed by atoms with Crippen LogP contribution in [0.1, 0.15) is 25.2 Å². The third-order valence-electron chi connectivity index (χ3n) is 6.99. The Morgan fingerprint density at radius 2 is 1.95 bits per heavy atom. The molecule has 4 aromatic rings. The van der Waals surface area contributed by atoms with Crippen LogP contribution in [0.4, 0.5) is 11.5 Å². The van der Waals surface area contributed by atoms with Crippen LogP contribution in [0.15, 0.2) is 63.1 Å². The second-order valence-corrected chi connectivity index (χ2v) is 11.7. The lowest BCUT2D eigenvalue weighted by atomic mass is 9.84. The number of nitriles is 1. The Balaban J connectivity index is 1.47. The summed E-state index contributed by atoms with van der Waals surface area (Å²) in [6, 6.07) is 10.4. The molecule has 198 valence electrons. The van der Waals surface area contributed by atoms with E-state index >= 15 is 0 Å². The molecule has 0 aliphatic carbocycles. The van der Waals surface area contributed by atoms with Gasteiger partial charge in [0.1, 0.15) is 11.6 Å². The van der Waals surface area contributed by atoms with Crippen molar-refractivity contribution in [3.05, 3.63) is 65.2 Å². The largest absolute Gasteiger partial charge is 0.448 e. The van der Waals surface area contributed by atoms with Crippen molar-refractivity contribution in [3.8, 4) is 6.07 Å². The Morgan fingerprint density at radius 3 is 2.58 bits per heavy atom. The zero-order valence-electron chi connectivity index (χ0n) is 21.1. The lowest BCUT2D eigenvalue weighted by Crippen LogP contribution is -2.46. The number of pyridine rings is 1. The zero-order chi connectivity index (χ0) is 26.9. The van der Waals surface area contributed by atoms with Gasteiger partial charge in [0.15, 0.2) is 5.82 Å². The molecule has 3 aromatic heterocycles. The molecular weight excluding hydrogens is 508 g/mol. The predicted molar refractivity (Wildman–Crippen MR) is 140 cm³/mol. The monoisotopic (exact) mass is 536 g/mol. The number of likely N-dealkylation sites (tertiary alicyclic amines) is 1. The van der Waals surface area contributed by atoms with Crippen molar-refractivity contribution in [2.24, 2.45) is 0 Å². The van der Waals surface area contributed by atoms with Gasteiger partial charge in [-0.2, -0.15) is 10.4 Å². The van der Waals surface area contributed by atoms with Gasteiger partial charge in [-0.15, -0.1) is 0 Å². The molecule has 0 saturated carbocycles. The van der Waals surface area contributed by atoms with Crippen molar-refractivity contribution in [1.82, 2.24) is 29.0 Å². The number of piperidine rings is 1. The van der Waals surface area contributed by atoms with Gasteiger partial charge in [-0.1, -0.05) is 0 Å². The molecule has 13 heteroatoms. The smallest absolute Gasteiger partial charge is 0.261 e. The number of aromatic nitrogens is 4. The van der Waals surface area contributed by atoms with E-state index in [1.165, 1.54) is 26.2 Å². The van der Waals surface area contributed by atoms with E-state index < -0.39 is 15.6 Å². The van der Waals surface area contributed by atoms with Crippen LogP contribution in [0.5, 0.6) is 0 Å². The number of rotatable bonds is 8. The maximum atomic E-state index is 12.9. The molecule has 0 bridgehead atoms. The first kappa shape index (κ1) is 25.7. The fraction of sp³-hybridized carbons (Fsp3) is 0.360. The van der Waals surface area contributed by atoms with Crippen LogP contribution in [-0.4, -0.2) is 64.6 Å². The number of nitrogens with one attached hydrogen (secondary N) is 2. The lowest BCUT2D eigenvalue weighted by molar-refractivity contribution is 0.0952. The van der Waals surface area contributed by atoms with Crippen molar-refractivity contribution in [2.75, 3.05) is 32.5 Å². The first-order valence-corrected chi connectivity index (χ1v) is 13.6. The third-order valence-corrected chi connectivity index (χ3v) is 8.82. The van der Waals surface area contributed by atoms with Crippen LogP contribution >= 0.6 is 0 Å². The number of benzene rings is 1. The van der Waals surface area contributed by atoms with Crippen molar-refractivity contribution in [1.29, 1.82) is 5.26 Å². The predicted octanol–water partition coefficient (Wildman–Crippen LogP) is 2.61. The maximum Gasteiger partial charge on any atom is 0.261 e. The summed E-state index contributed by atoms with van der Waals surface area (Å²) in [4.78, 5) is 22.2. The number of hydrogen-bond acceptors (Lipinski definition) is 9. The van der Waals surface area contributed by atoms with Crippen molar-refractivity contribution >= 4 is 32.4 Å². The molecule has 4 heterocycles. The van der Waals surface area contributed by atoms with E-state index in [9.17, 15) is 18.5 Å². The summed E-state index contributed by atoms with van der Waals surface area (Å²) in [7, 11) is -0.619. The summed E-state index contributed by atoms with van der Waals surface area (Å²) in [5.74, 6) is 0.981. The standard InChI is InChI=1S/C25H28N8O4S/c1-31(2)38(35,36)19-5-3-18(4-6-19)29-23-22-20(7-12-28-24(22)34)33(30-23)25(8-11-26)9-14-32(15-10-25)17-21-27-13-16-37-21/h3-7,12-13,16H,8-10,14-15,17H2,1-2H3,(H,28,34)(H,29,30). The maximum absolute atomic E-state index is 12.9. The molecule has 1 aliphatic heterocycles. The Labute approximate surface area is 219 Å². The number of aromatic amines is 1. The molecule has 0 spiro atoms. The highest BCUT2D eigenvalue weighted by atomic mass is 32.2. The highest BCUT2D eigenvalue weighted by molar-refractivity contribution is 7.89. The van der Waals surface area contributed by atoms with Gasteiger partial charge < -0.3 is 14.7 Å². The Kier molecular flexibility index (Phi) is 6.78. The average Bonchev–Trinajstić information content (AvgIpc) is 3.55. The van der Waals surface area contributed by atoms with Gasteiger partial charge >= 0.3 is 0 Å². The van der Waals surface area contributed by atoms with Gasteiger partial charge in [-0.05, 0) is 43.2 Å². The van der Waals surface area contributed by atoms with E-state index in [1.807, 2.05) is 4.68 Å². The van der Waals surface area contributed by atoms with Crippen LogP contribution < -0.4 is 10.9 Å². The molecule has 0 unspecified atom stereocenters. The first-order chi connectivity index (χ1) is 18.2. The molecule has 1 saturated heterocycles. The minimum absolute atomic E-state index is 0.158. The molecule has 1 aromatic carbocycles. The normalized spacial score (nSPS) is 16.1. The van der Waals surface area contributed by atoms with Gasteiger partial charge in [0.05, 0.1) is 41.2 Å². The number of hydrogen-bond donors (Lipinski definition) is 2. The molecule has 0 amide bonds. The second kappa shape index (κ2) is 10.1. The average molecular weight is 537 g/mol. The number of oxazole rings is 1. The van der Waals surface area contributed by atoms with E-state index in [-0.39, 0.29) is 16.9 Å². The van der Waals surface area contributed by atoms with E-state index in [0.29, 0.717) is 60.8 Å². The highest BCUT2D eigenvalue weighted by Gasteiger charge is 2.39. The summed E-state index contributed by atoms with van der Waals surface area (Å²) in [5, 5.41) is 18.1. The Morgan fingerprint density at radius 1 is 1.21 bits per heavy atom. The molecule has 1 aliphatic rings. The fourth-order valence-electron chi connectivity index (χ4n) is 4.84. The third kappa shape index (κ3) is 4.69. The van der Waals surface area contributed by atoms with E-state index in [1.54, 1.807) is 36.9 Å². The molecule has 0 radical (unpaired) electrons. The van der Waals surface area contributed by atoms with Crippen LogP contribution in [-0.2, 0) is 22.1 Å². The van der Waals surface area contributed by atoms with Crippen molar-refractivity contribution in [2.45, 2.75) is 36.2 Å². The summed E-state index contributed by atoms with van der Waals surface area (Å²) < 4.78 is 33.2. The zero-order valence-corrected chi connectivity index (χ0v) is 21.9. The van der Waals surface area contributed by atoms with E-state index in [2.05, 4.69) is 26.3 Å². The number of nitrogens with zero attached hydrogens (tertiary/aromatic N) is 6. The van der Waals surface area contributed by atoms with Crippen molar-refractivity contribution in [3.63, 3.8) is 0 Å². The van der Waals surface area contributed by atoms with Gasteiger partial charge in [-0.3, -0.25) is 14.4 Å². The topological polar surface area (TPSA) is 153 Å². The Hall–Kier alpha value is -3.99. The molecule has 5 rings (SSSR count). The van der Waals surface area contributed by atoms with E-state index in [4.69, 9.17) is 9.52 Å². The van der Waals surface area contributed by atoms with Crippen LogP contribution in [0.2, 0.25) is 0 Å². The SMILES string of the molecule is CN(C)S(=O)(=O)c1ccc(Nc2nn(C3(CC#N)CCN(Cc4ncco4)CC3)c3cc[nH]c(=O)c23)cc1.